The average Bonchev–Trinajstić information content (AvgIpc) is 2.27. The number of anilines is 1. The molecule has 0 saturated heterocycles. The first-order valence-electron chi connectivity index (χ1n) is 4.36. The molecule has 16 heavy (non-hydrogen) atoms. The van der Waals surface area contributed by atoms with E-state index in [9.17, 15) is 15.1 Å². The summed E-state index contributed by atoms with van der Waals surface area (Å²) >= 11 is 0. The number of hydrogen-bond acceptors (Lipinski definition) is 6. The van der Waals surface area contributed by atoms with Gasteiger partial charge in [-0.25, -0.2) is 0 Å². The lowest BCUT2D eigenvalue weighted by molar-refractivity contribution is -0.141. The van der Waals surface area contributed by atoms with Gasteiger partial charge in [-0.1, -0.05) is 12.1 Å². The van der Waals surface area contributed by atoms with Crippen molar-refractivity contribution in [2.45, 2.75) is 12.1 Å². The van der Waals surface area contributed by atoms with Crippen molar-refractivity contribution in [3.63, 3.8) is 0 Å². The highest BCUT2D eigenvalue weighted by Crippen LogP contribution is 2.21. The van der Waals surface area contributed by atoms with Crippen molar-refractivity contribution in [2.24, 2.45) is 5.73 Å². The van der Waals surface area contributed by atoms with Crippen LogP contribution >= 0.6 is 0 Å². The van der Waals surface area contributed by atoms with Crippen LogP contribution in [0.15, 0.2) is 24.3 Å². The summed E-state index contributed by atoms with van der Waals surface area (Å²) in [4.78, 5) is 10.5. The number of carboxylic acid groups (broad SMARTS) is 1. The number of nitrogens with two attached hydrogens (primary N) is 1. The van der Waals surface area contributed by atoms with Crippen molar-refractivity contribution in [2.75, 3.05) is 5.23 Å². The maximum Gasteiger partial charge on any atom is 0.323 e. The number of rotatable bonds is 4. The Balaban J connectivity index is 2.95. The van der Waals surface area contributed by atoms with E-state index in [2.05, 4.69) is 0 Å². The summed E-state index contributed by atoms with van der Waals surface area (Å²) in [5.74, 6) is -1.36. The van der Waals surface area contributed by atoms with Gasteiger partial charge in [0.1, 0.15) is 12.1 Å². The Morgan fingerprint density at radius 3 is 2.62 bits per heavy atom. The Morgan fingerprint density at radius 1 is 1.50 bits per heavy atom. The molecule has 0 aliphatic rings. The minimum absolute atomic E-state index is 0.117. The Bertz CT molecular complexity index is 382. The Kier molecular flexibility index (Phi) is 3.80. The third-order valence-corrected chi connectivity index (χ3v) is 2.06. The Hall–Kier alpha value is -1.67. The number of carbonyl (C=O) groups is 1. The molecule has 0 unspecified atom stereocenters. The molecule has 0 aromatic heterocycles. The second-order valence-electron chi connectivity index (χ2n) is 3.18. The molecular formula is C9H11N2O5-. The van der Waals surface area contributed by atoms with Crippen LogP contribution in [-0.4, -0.2) is 27.4 Å². The first-order valence-corrected chi connectivity index (χ1v) is 4.36. The van der Waals surface area contributed by atoms with Crippen LogP contribution in [0.4, 0.5) is 5.69 Å². The van der Waals surface area contributed by atoms with Gasteiger partial charge in [0.15, 0.2) is 0 Å². The van der Waals surface area contributed by atoms with Gasteiger partial charge in [0.05, 0.1) is 5.69 Å². The summed E-state index contributed by atoms with van der Waals surface area (Å²) in [6.45, 7) is 0. The molecule has 7 heteroatoms. The zero-order valence-corrected chi connectivity index (χ0v) is 8.15. The van der Waals surface area contributed by atoms with Crippen molar-refractivity contribution < 1.29 is 20.2 Å². The topological polar surface area (TPSA) is 130 Å². The van der Waals surface area contributed by atoms with Crippen LogP contribution in [0.2, 0.25) is 0 Å². The molecule has 0 fully saturated rings. The van der Waals surface area contributed by atoms with E-state index >= 15 is 0 Å². The van der Waals surface area contributed by atoms with Crippen molar-refractivity contribution in [3.8, 4) is 0 Å². The first-order chi connectivity index (χ1) is 7.43. The maximum atomic E-state index is 10.6. The van der Waals surface area contributed by atoms with Gasteiger partial charge in [0.25, 0.3) is 0 Å². The highest BCUT2D eigenvalue weighted by Gasteiger charge is 2.23. The lowest BCUT2D eigenvalue weighted by Gasteiger charge is -2.23. The molecule has 1 aromatic carbocycles. The number of benzene rings is 1. The summed E-state index contributed by atoms with van der Waals surface area (Å²) in [5, 5.41) is 37.0. The van der Waals surface area contributed by atoms with Crippen LogP contribution in [0, 0.1) is 5.21 Å². The highest BCUT2D eigenvalue weighted by molar-refractivity contribution is 5.74. The number of aliphatic hydroxyl groups is 1. The summed E-state index contributed by atoms with van der Waals surface area (Å²) in [7, 11) is 0. The zero-order chi connectivity index (χ0) is 12.3. The fraction of sp³-hybridized carbons (Fsp3) is 0.222. The minimum Gasteiger partial charge on any atom is -0.733 e. The zero-order valence-electron chi connectivity index (χ0n) is 8.15. The molecule has 0 amide bonds. The molecule has 1 rings (SSSR count). The summed E-state index contributed by atoms with van der Waals surface area (Å²) in [6, 6.07) is 3.76. The number of aliphatic hydroxyl groups excluding tert-OH is 1. The van der Waals surface area contributed by atoms with Gasteiger partial charge >= 0.3 is 5.97 Å². The number of hydrogen-bond donors (Lipinski definition) is 4. The largest absolute Gasteiger partial charge is 0.733 e. The van der Waals surface area contributed by atoms with E-state index in [1.54, 1.807) is 0 Å². The number of carboxylic acids is 1. The van der Waals surface area contributed by atoms with Gasteiger partial charge < -0.3 is 26.4 Å². The van der Waals surface area contributed by atoms with Gasteiger partial charge in [-0.15, -0.1) is 0 Å². The van der Waals surface area contributed by atoms with E-state index in [1.807, 2.05) is 0 Å². The van der Waals surface area contributed by atoms with E-state index in [1.165, 1.54) is 18.2 Å². The van der Waals surface area contributed by atoms with Crippen LogP contribution in [0.3, 0.4) is 0 Å². The lowest BCUT2D eigenvalue weighted by Crippen LogP contribution is -2.36. The second-order valence-corrected chi connectivity index (χ2v) is 3.18. The molecular weight excluding hydrogens is 216 g/mol. The maximum absolute atomic E-state index is 10.6. The summed E-state index contributed by atoms with van der Waals surface area (Å²) < 4.78 is 0. The molecule has 88 valence electrons. The number of nitrogens with zero attached hydrogens (tertiary/aromatic N) is 1. The second kappa shape index (κ2) is 4.90. The molecule has 5 N–H and O–H groups in total. The Morgan fingerprint density at radius 2 is 2.12 bits per heavy atom. The predicted octanol–water partition coefficient (Wildman–Crippen LogP) is -0.175. The van der Waals surface area contributed by atoms with Crippen LogP contribution in [0.25, 0.3) is 0 Å². The molecule has 0 spiro atoms. The Labute approximate surface area is 90.9 Å². The molecule has 7 nitrogen and oxygen atoms in total. The van der Waals surface area contributed by atoms with Crippen molar-refractivity contribution in [3.05, 3.63) is 35.0 Å². The number of aliphatic carboxylic acids is 1. The molecule has 0 aliphatic heterocycles. The lowest BCUT2D eigenvalue weighted by atomic mass is 10.0. The van der Waals surface area contributed by atoms with Crippen LogP contribution in [-0.2, 0) is 4.79 Å². The van der Waals surface area contributed by atoms with E-state index in [0.717, 1.165) is 6.07 Å². The van der Waals surface area contributed by atoms with E-state index < -0.39 is 18.1 Å². The average molecular weight is 227 g/mol. The van der Waals surface area contributed by atoms with Gasteiger partial charge in [-0.2, -0.15) is 0 Å². The van der Waals surface area contributed by atoms with E-state index in [-0.39, 0.29) is 16.5 Å². The van der Waals surface area contributed by atoms with Crippen molar-refractivity contribution >= 4 is 11.7 Å². The van der Waals surface area contributed by atoms with Crippen LogP contribution in [0.1, 0.15) is 11.7 Å². The third kappa shape index (κ3) is 2.67. The normalized spacial score (nSPS) is 14.2. The first kappa shape index (κ1) is 12.4. The summed E-state index contributed by atoms with van der Waals surface area (Å²) in [5.41, 5.74) is 5.24. The molecule has 0 radical (unpaired) electrons. The molecule has 1 aromatic rings. The fourth-order valence-corrected chi connectivity index (χ4v) is 1.17. The van der Waals surface area contributed by atoms with Gasteiger partial charge in [-0.3, -0.25) is 10.0 Å². The molecule has 0 saturated carbocycles. The molecule has 0 bridgehead atoms. The standard InChI is InChI=1S/C9H11N2O5/c10-7(9(13)14)8(12)5-2-1-3-6(4-5)11(15)16/h1-4,7-8,12,15H,10H2,(H,13,14)/q-1/t7-,8-/m1/s1. The van der Waals surface area contributed by atoms with Gasteiger partial charge in [0, 0.05) is 0 Å². The van der Waals surface area contributed by atoms with Gasteiger partial charge in [0.2, 0.25) is 0 Å². The quantitative estimate of drug-likeness (QED) is 0.525. The SMILES string of the molecule is N[C@@H](C(=O)O)[C@H](O)c1cccc(N([O-])O)c1. The third-order valence-electron chi connectivity index (χ3n) is 2.06. The van der Waals surface area contributed by atoms with Crippen LogP contribution in [0.5, 0.6) is 0 Å². The summed E-state index contributed by atoms with van der Waals surface area (Å²) in [6.07, 6.45) is -1.45. The smallest absolute Gasteiger partial charge is 0.323 e. The fourth-order valence-electron chi connectivity index (χ4n) is 1.17. The monoisotopic (exact) mass is 227 g/mol. The molecule has 0 aliphatic carbocycles. The highest BCUT2D eigenvalue weighted by atomic mass is 16.8. The predicted molar refractivity (Wildman–Crippen MR) is 54.6 cm³/mol. The van der Waals surface area contributed by atoms with Crippen LogP contribution < -0.4 is 11.0 Å². The van der Waals surface area contributed by atoms with E-state index in [4.69, 9.17) is 16.0 Å². The minimum atomic E-state index is -1.49. The van der Waals surface area contributed by atoms with E-state index in [0.29, 0.717) is 0 Å². The van der Waals surface area contributed by atoms with Crippen molar-refractivity contribution in [1.82, 2.24) is 0 Å². The van der Waals surface area contributed by atoms with Crippen molar-refractivity contribution in [1.29, 1.82) is 0 Å². The molecule has 2 atom stereocenters. The molecule has 0 heterocycles. The van der Waals surface area contributed by atoms with Gasteiger partial charge in [-0.05, 0) is 17.7 Å².